The van der Waals surface area contributed by atoms with E-state index < -0.39 is 17.5 Å². The van der Waals surface area contributed by atoms with E-state index in [1.807, 2.05) is 0 Å². The second-order valence-electron chi connectivity index (χ2n) is 4.95. The number of benzene rings is 2. The van der Waals surface area contributed by atoms with Gasteiger partial charge in [-0.15, -0.1) is 0 Å². The summed E-state index contributed by atoms with van der Waals surface area (Å²) in [4.78, 5) is 12.2. The van der Waals surface area contributed by atoms with E-state index in [1.54, 1.807) is 19.1 Å². The molecule has 0 unspecified atom stereocenters. The minimum Gasteiger partial charge on any atom is -0.289 e. The van der Waals surface area contributed by atoms with Gasteiger partial charge in [0.15, 0.2) is 5.78 Å². The van der Waals surface area contributed by atoms with Gasteiger partial charge in [0.1, 0.15) is 0 Å². The molecule has 6 heteroatoms. The minimum atomic E-state index is -4.71. The molecule has 2 aromatic carbocycles. The van der Waals surface area contributed by atoms with Crippen LogP contribution in [-0.4, -0.2) is 12.0 Å². The van der Waals surface area contributed by atoms with Crippen LogP contribution in [0.2, 0.25) is 10.0 Å². The van der Waals surface area contributed by atoms with Crippen molar-refractivity contribution in [2.45, 2.75) is 13.1 Å². The normalized spacial score (nSPS) is 12.3. The quantitative estimate of drug-likeness (QED) is 0.476. The van der Waals surface area contributed by atoms with Gasteiger partial charge in [0.25, 0.3) is 0 Å². The molecule has 120 valence electrons. The SMILES string of the molecule is Cc1cccc(C(=O)/C=C(\c2cc(Cl)cc(Cl)c2)C(F)(F)F)c1. The van der Waals surface area contributed by atoms with Gasteiger partial charge in [0, 0.05) is 15.6 Å². The molecule has 0 fully saturated rings. The van der Waals surface area contributed by atoms with Crippen LogP contribution in [0, 0.1) is 6.92 Å². The van der Waals surface area contributed by atoms with Gasteiger partial charge in [0.2, 0.25) is 0 Å². The Labute approximate surface area is 141 Å². The number of rotatable bonds is 3. The fourth-order valence-electron chi connectivity index (χ4n) is 2.05. The maximum absolute atomic E-state index is 13.3. The smallest absolute Gasteiger partial charge is 0.289 e. The molecule has 0 heterocycles. The number of hydrogen-bond donors (Lipinski definition) is 0. The summed E-state index contributed by atoms with van der Waals surface area (Å²) >= 11 is 11.5. The standard InChI is InChI=1S/C17H11Cl2F3O/c1-10-3-2-4-11(5-10)16(23)9-15(17(20,21)22)12-6-13(18)8-14(19)7-12/h2-9H,1H3/b15-9+. The van der Waals surface area contributed by atoms with E-state index in [0.717, 1.165) is 17.7 Å². The molecule has 0 aliphatic rings. The summed E-state index contributed by atoms with van der Waals surface area (Å²) in [6, 6.07) is 9.92. The average Bonchev–Trinajstić information content (AvgIpc) is 2.42. The maximum Gasteiger partial charge on any atom is 0.417 e. The number of alkyl halides is 3. The summed E-state index contributed by atoms with van der Waals surface area (Å²) in [7, 11) is 0. The van der Waals surface area contributed by atoms with Gasteiger partial charge in [-0.05, 0) is 42.8 Å². The predicted molar refractivity (Wildman–Crippen MR) is 86.0 cm³/mol. The van der Waals surface area contributed by atoms with Crippen LogP contribution < -0.4 is 0 Å². The van der Waals surface area contributed by atoms with E-state index in [1.165, 1.54) is 18.2 Å². The number of ketones is 1. The number of carbonyl (C=O) groups excluding carboxylic acids is 1. The lowest BCUT2D eigenvalue weighted by molar-refractivity contribution is -0.0689. The number of allylic oxidation sites excluding steroid dienone is 2. The molecule has 0 saturated carbocycles. The Morgan fingerprint density at radius 1 is 1.00 bits per heavy atom. The molecule has 2 rings (SSSR count). The van der Waals surface area contributed by atoms with Crippen LogP contribution in [0.1, 0.15) is 21.5 Å². The zero-order chi connectivity index (χ0) is 17.2. The molecule has 0 atom stereocenters. The topological polar surface area (TPSA) is 17.1 Å². The number of hydrogen-bond acceptors (Lipinski definition) is 1. The lowest BCUT2D eigenvalue weighted by Crippen LogP contribution is -2.13. The van der Waals surface area contributed by atoms with E-state index in [9.17, 15) is 18.0 Å². The molecule has 2 aromatic rings. The van der Waals surface area contributed by atoms with Crippen molar-refractivity contribution in [3.63, 3.8) is 0 Å². The zero-order valence-electron chi connectivity index (χ0n) is 11.9. The fourth-order valence-corrected chi connectivity index (χ4v) is 2.58. The average molecular weight is 359 g/mol. The maximum atomic E-state index is 13.3. The molecule has 0 N–H and O–H groups in total. The first-order chi connectivity index (χ1) is 10.7. The highest BCUT2D eigenvalue weighted by atomic mass is 35.5. The highest BCUT2D eigenvalue weighted by Crippen LogP contribution is 2.36. The monoisotopic (exact) mass is 358 g/mol. The molecule has 0 saturated heterocycles. The summed E-state index contributed by atoms with van der Waals surface area (Å²) in [5.74, 6) is -0.739. The summed E-state index contributed by atoms with van der Waals surface area (Å²) < 4.78 is 40.0. The Kier molecular flexibility index (Phi) is 5.17. The molecule has 0 aliphatic carbocycles. The molecule has 1 nitrogen and oxygen atoms in total. The third-order valence-corrected chi connectivity index (χ3v) is 3.49. The first-order valence-electron chi connectivity index (χ1n) is 6.53. The Morgan fingerprint density at radius 2 is 1.61 bits per heavy atom. The third-order valence-electron chi connectivity index (χ3n) is 3.06. The van der Waals surface area contributed by atoms with Crippen LogP contribution in [0.4, 0.5) is 13.2 Å². The Morgan fingerprint density at radius 3 is 2.13 bits per heavy atom. The highest BCUT2D eigenvalue weighted by molar-refractivity contribution is 6.35. The third kappa shape index (κ3) is 4.60. The summed E-state index contributed by atoms with van der Waals surface area (Å²) in [6.45, 7) is 1.75. The van der Waals surface area contributed by atoms with Gasteiger partial charge in [-0.2, -0.15) is 13.2 Å². The Hall–Kier alpha value is -1.78. The van der Waals surface area contributed by atoms with E-state index in [4.69, 9.17) is 23.2 Å². The summed E-state index contributed by atoms with van der Waals surface area (Å²) in [5.41, 5.74) is -0.382. The number of aryl methyl sites for hydroxylation is 1. The minimum absolute atomic E-state index is 0.0608. The molecule has 0 bridgehead atoms. The van der Waals surface area contributed by atoms with Gasteiger partial charge < -0.3 is 0 Å². The van der Waals surface area contributed by atoms with Gasteiger partial charge in [-0.25, -0.2) is 0 Å². The fraction of sp³-hybridized carbons (Fsp3) is 0.118. The van der Waals surface area contributed by atoms with Crippen molar-refractivity contribution in [1.82, 2.24) is 0 Å². The molecule has 0 spiro atoms. The van der Waals surface area contributed by atoms with Crippen LogP contribution in [-0.2, 0) is 0 Å². The Balaban J connectivity index is 2.53. The van der Waals surface area contributed by atoms with Gasteiger partial charge in [0.05, 0.1) is 5.57 Å². The Bertz CT molecular complexity index is 759. The second-order valence-corrected chi connectivity index (χ2v) is 5.82. The van der Waals surface area contributed by atoms with Gasteiger partial charge in [-0.1, -0.05) is 47.0 Å². The number of halogens is 5. The number of carbonyl (C=O) groups is 1. The van der Waals surface area contributed by atoms with Crippen molar-refractivity contribution in [1.29, 1.82) is 0 Å². The first kappa shape index (κ1) is 17.6. The van der Waals surface area contributed by atoms with Crippen molar-refractivity contribution in [2.75, 3.05) is 0 Å². The van der Waals surface area contributed by atoms with Crippen LogP contribution in [0.5, 0.6) is 0 Å². The first-order valence-corrected chi connectivity index (χ1v) is 7.29. The highest BCUT2D eigenvalue weighted by Gasteiger charge is 2.35. The van der Waals surface area contributed by atoms with Crippen LogP contribution >= 0.6 is 23.2 Å². The largest absolute Gasteiger partial charge is 0.417 e. The van der Waals surface area contributed by atoms with E-state index in [2.05, 4.69) is 0 Å². The van der Waals surface area contributed by atoms with Crippen LogP contribution in [0.25, 0.3) is 5.57 Å². The molecule has 0 radical (unpaired) electrons. The van der Waals surface area contributed by atoms with Gasteiger partial charge in [-0.3, -0.25) is 4.79 Å². The zero-order valence-corrected chi connectivity index (χ0v) is 13.4. The predicted octanol–water partition coefficient (Wildman–Crippen LogP) is 6.13. The van der Waals surface area contributed by atoms with Crippen molar-refractivity contribution in [3.8, 4) is 0 Å². The van der Waals surface area contributed by atoms with Crippen LogP contribution in [0.3, 0.4) is 0 Å². The molecule has 0 amide bonds. The lowest BCUT2D eigenvalue weighted by atomic mass is 10.0. The van der Waals surface area contributed by atoms with Crippen molar-refractivity contribution in [3.05, 3.63) is 75.3 Å². The van der Waals surface area contributed by atoms with E-state index in [0.29, 0.717) is 6.08 Å². The summed E-state index contributed by atoms with van der Waals surface area (Å²) in [5, 5.41) is 0.122. The lowest BCUT2D eigenvalue weighted by Gasteiger charge is -2.13. The van der Waals surface area contributed by atoms with E-state index in [-0.39, 0.29) is 21.2 Å². The molecular formula is C17H11Cl2F3O. The van der Waals surface area contributed by atoms with E-state index >= 15 is 0 Å². The molecule has 23 heavy (non-hydrogen) atoms. The van der Waals surface area contributed by atoms with Gasteiger partial charge >= 0.3 is 6.18 Å². The molecule has 0 aliphatic heterocycles. The second kappa shape index (κ2) is 6.77. The van der Waals surface area contributed by atoms with Crippen molar-refractivity contribution in [2.24, 2.45) is 0 Å². The molecular weight excluding hydrogens is 348 g/mol. The van der Waals surface area contributed by atoms with Crippen LogP contribution in [0.15, 0.2) is 48.5 Å². The van der Waals surface area contributed by atoms with Crippen molar-refractivity contribution < 1.29 is 18.0 Å². The van der Waals surface area contributed by atoms with Crippen molar-refractivity contribution >= 4 is 34.6 Å². The summed E-state index contributed by atoms with van der Waals surface area (Å²) in [6.07, 6.45) is -4.15. The molecule has 0 aromatic heterocycles.